The molecule has 0 spiro atoms. The smallest absolute Gasteiger partial charge is 0.258 e. The lowest BCUT2D eigenvalue weighted by molar-refractivity contribution is -0.123. The number of ether oxygens (including phenoxy) is 2. The van der Waals surface area contributed by atoms with E-state index in [0.717, 1.165) is 19.4 Å². The first-order chi connectivity index (χ1) is 9.65. The SMILES string of the molecule is CC(=O)c1cccc(OCC(=O)NCC2CCCO2)c1. The third-order valence-electron chi connectivity index (χ3n) is 3.16. The van der Waals surface area contributed by atoms with Crippen molar-refractivity contribution in [2.75, 3.05) is 19.8 Å². The molecular weight excluding hydrogens is 258 g/mol. The summed E-state index contributed by atoms with van der Waals surface area (Å²) in [7, 11) is 0. The highest BCUT2D eigenvalue weighted by atomic mass is 16.5. The second-order valence-corrected chi connectivity index (χ2v) is 4.81. The Kier molecular flexibility index (Phi) is 5.12. The minimum Gasteiger partial charge on any atom is -0.484 e. The van der Waals surface area contributed by atoms with Crippen LogP contribution in [0.1, 0.15) is 30.1 Å². The first-order valence-electron chi connectivity index (χ1n) is 6.77. The van der Waals surface area contributed by atoms with Crippen molar-refractivity contribution in [2.24, 2.45) is 0 Å². The molecule has 1 aromatic carbocycles. The summed E-state index contributed by atoms with van der Waals surface area (Å²) in [6, 6.07) is 6.80. The maximum absolute atomic E-state index is 11.6. The van der Waals surface area contributed by atoms with Crippen LogP contribution >= 0.6 is 0 Å². The van der Waals surface area contributed by atoms with Crippen molar-refractivity contribution in [3.63, 3.8) is 0 Å². The monoisotopic (exact) mass is 277 g/mol. The van der Waals surface area contributed by atoms with Crippen molar-refractivity contribution in [3.8, 4) is 5.75 Å². The average Bonchev–Trinajstić information content (AvgIpc) is 2.96. The van der Waals surface area contributed by atoms with Gasteiger partial charge in [0.2, 0.25) is 0 Å². The van der Waals surface area contributed by atoms with E-state index in [0.29, 0.717) is 17.9 Å². The Morgan fingerprint density at radius 1 is 1.45 bits per heavy atom. The van der Waals surface area contributed by atoms with Gasteiger partial charge in [-0.25, -0.2) is 0 Å². The number of hydrogen-bond donors (Lipinski definition) is 1. The van der Waals surface area contributed by atoms with Gasteiger partial charge in [-0.3, -0.25) is 9.59 Å². The summed E-state index contributed by atoms with van der Waals surface area (Å²) < 4.78 is 10.8. The highest BCUT2D eigenvalue weighted by Gasteiger charge is 2.16. The Bertz CT molecular complexity index is 481. The normalized spacial score (nSPS) is 17.8. The van der Waals surface area contributed by atoms with Gasteiger partial charge in [0.15, 0.2) is 12.4 Å². The quantitative estimate of drug-likeness (QED) is 0.801. The number of nitrogens with one attached hydrogen (secondary N) is 1. The Labute approximate surface area is 118 Å². The number of ketones is 1. The number of rotatable bonds is 6. The first kappa shape index (κ1) is 14.5. The summed E-state index contributed by atoms with van der Waals surface area (Å²) >= 11 is 0. The van der Waals surface area contributed by atoms with Crippen LogP contribution in [-0.2, 0) is 9.53 Å². The minimum atomic E-state index is -0.186. The molecule has 1 heterocycles. The zero-order chi connectivity index (χ0) is 14.4. The molecule has 108 valence electrons. The fraction of sp³-hybridized carbons (Fsp3) is 0.467. The van der Waals surface area contributed by atoms with Crippen molar-refractivity contribution in [2.45, 2.75) is 25.9 Å². The van der Waals surface area contributed by atoms with Crippen LogP contribution in [0.15, 0.2) is 24.3 Å². The zero-order valence-corrected chi connectivity index (χ0v) is 11.6. The lowest BCUT2D eigenvalue weighted by Crippen LogP contribution is -2.35. The van der Waals surface area contributed by atoms with Gasteiger partial charge in [-0.05, 0) is 31.9 Å². The van der Waals surface area contributed by atoms with E-state index in [1.807, 2.05) is 0 Å². The van der Waals surface area contributed by atoms with E-state index < -0.39 is 0 Å². The second-order valence-electron chi connectivity index (χ2n) is 4.81. The van der Waals surface area contributed by atoms with E-state index in [9.17, 15) is 9.59 Å². The molecule has 1 aliphatic heterocycles. The van der Waals surface area contributed by atoms with Crippen LogP contribution in [0.3, 0.4) is 0 Å². The molecule has 1 aliphatic rings. The largest absolute Gasteiger partial charge is 0.484 e. The van der Waals surface area contributed by atoms with E-state index >= 15 is 0 Å². The third kappa shape index (κ3) is 4.35. The van der Waals surface area contributed by atoms with Gasteiger partial charge in [-0.15, -0.1) is 0 Å². The summed E-state index contributed by atoms with van der Waals surface area (Å²) in [5.41, 5.74) is 0.572. The van der Waals surface area contributed by atoms with E-state index in [1.54, 1.807) is 24.3 Å². The molecule has 0 aromatic heterocycles. The number of carbonyl (C=O) groups excluding carboxylic acids is 2. The van der Waals surface area contributed by atoms with Gasteiger partial charge in [-0.2, -0.15) is 0 Å². The molecule has 1 N–H and O–H groups in total. The van der Waals surface area contributed by atoms with Crippen molar-refractivity contribution in [1.82, 2.24) is 5.32 Å². The van der Waals surface area contributed by atoms with Gasteiger partial charge in [-0.1, -0.05) is 12.1 Å². The number of hydrogen-bond acceptors (Lipinski definition) is 4. The molecule has 0 aliphatic carbocycles. The predicted octanol–water partition coefficient (Wildman–Crippen LogP) is 1.56. The Hall–Kier alpha value is -1.88. The highest BCUT2D eigenvalue weighted by molar-refractivity contribution is 5.94. The predicted molar refractivity (Wildman–Crippen MR) is 73.9 cm³/mol. The topological polar surface area (TPSA) is 64.6 Å². The Morgan fingerprint density at radius 3 is 3.00 bits per heavy atom. The van der Waals surface area contributed by atoms with Crippen molar-refractivity contribution in [3.05, 3.63) is 29.8 Å². The Morgan fingerprint density at radius 2 is 2.30 bits per heavy atom. The van der Waals surface area contributed by atoms with Crippen molar-refractivity contribution < 1.29 is 19.1 Å². The van der Waals surface area contributed by atoms with E-state index in [-0.39, 0.29) is 24.4 Å². The summed E-state index contributed by atoms with van der Waals surface area (Å²) in [5.74, 6) is 0.303. The molecular formula is C15H19NO4. The van der Waals surface area contributed by atoms with Crippen LogP contribution in [0.5, 0.6) is 5.75 Å². The number of benzene rings is 1. The standard InChI is InChI=1S/C15H19NO4/c1-11(17)12-4-2-5-13(8-12)20-10-15(18)16-9-14-6-3-7-19-14/h2,4-5,8,14H,3,6-7,9-10H2,1H3,(H,16,18). The van der Waals surface area contributed by atoms with E-state index in [4.69, 9.17) is 9.47 Å². The zero-order valence-electron chi connectivity index (χ0n) is 11.6. The maximum atomic E-state index is 11.6. The van der Waals surface area contributed by atoms with Gasteiger partial charge in [0.05, 0.1) is 6.10 Å². The number of carbonyl (C=O) groups is 2. The van der Waals surface area contributed by atoms with Crippen LogP contribution in [-0.4, -0.2) is 37.6 Å². The van der Waals surface area contributed by atoms with Crippen LogP contribution < -0.4 is 10.1 Å². The molecule has 1 amide bonds. The second kappa shape index (κ2) is 7.05. The van der Waals surface area contributed by atoms with Gasteiger partial charge < -0.3 is 14.8 Å². The Balaban J connectivity index is 1.75. The molecule has 20 heavy (non-hydrogen) atoms. The van der Waals surface area contributed by atoms with Crippen molar-refractivity contribution >= 4 is 11.7 Å². The highest BCUT2D eigenvalue weighted by Crippen LogP contribution is 2.13. The fourth-order valence-corrected chi connectivity index (χ4v) is 2.04. The van der Waals surface area contributed by atoms with Gasteiger partial charge in [0, 0.05) is 18.7 Å². The average molecular weight is 277 g/mol. The molecule has 5 heteroatoms. The molecule has 2 rings (SSSR count). The molecule has 0 bridgehead atoms. The van der Waals surface area contributed by atoms with Gasteiger partial charge in [0.25, 0.3) is 5.91 Å². The third-order valence-corrected chi connectivity index (χ3v) is 3.16. The summed E-state index contributed by atoms with van der Waals surface area (Å²) in [5, 5.41) is 2.78. The van der Waals surface area contributed by atoms with Gasteiger partial charge in [0.1, 0.15) is 5.75 Å². The molecule has 1 atom stereocenters. The summed E-state index contributed by atoms with van der Waals surface area (Å²) in [6.07, 6.45) is 2.16. The summed E-state index contributed by atoms with van der Waals surface area (Å²) in [6.45, 7) is 2.73. The van der Waals surface area contributed by atoms with Crippen LogP contribution in [0.25, 0.3) is 0 Å². The lowest BCUT2D eigenvalue weighted by Gasteiger charge is -2.11. The lowest BCUT2D eigenvalue weighted by atomic mass is 10.1. The van der Waals surface area contributed by atoms with Crippen molar-refractivity contribution in [1.29, 1.82) is 0 Å². The molecule has 0 radical (unpaired) electrons. The number of amides is 1. The molecule has 0 saturated carbocycles. The maximum Gasteiger partial charge on any atom is 0.258 e. The minimum absolute atomic E-state index is 0.0294. The van der Waals surface area contributed by atoms with E-state index in [1.165, 1.54) is 6.92 Å². The molecule has 1 aromatic rings. The van der Waals surface area contributed by atoms with E-state index in [2.05, 4.69) is 5.32 Å². The molecule has 1 unspecified atom stereocenters. The first-order valence-corrected chi connectivity index (χ1v) is 6.77. The van der Waals surface area contributed by atoms with Gasteiger partial charge >= 0.3 is 0 Å². The molecule has 5 nitrogen and oxygen atoms in total. The van der Waals surface area contributed by atoms with Crippen LogP contribution in [0.4, 0.5) is 0 Å². The fourth-order valence-electron chi connectivity index (χ4n) is 2.04. The molecule has 1 fully saturated rings. The number of Topliss-reactive ketones (excluding diaryl/α,β-unsaturated/α-hetero) is 1. The van der Waals surface area contributed by atoms with Crippen LogP contribution in [0, 0.1) is 0 Å². The summed E-state index contributed by atoms with van der Waals surface area (Å²) in [4.78, 5) is 22.9. The van der Waals surface area contributed by atoms with Crippen LogP contribution in [0.2, 0.25) is 0 Å². The molecule has 1 saturated heterocycles.